The van der Waals surface area contributed by atoms with Gasteiger partial charge in [0.1, 0.15) is 0 Å². The molecule has 1 aliphatic carbocycles. The maximum Gasteiger partial charge on any atom is 0.261 e. The van der Waals surface area contributed by atoms with Crippen LogP contribution in [-0.2, 0) is 4.74 Å². The SMILES string of the molecule is O=C(NC1CCN(CC2CCCCC2)CC1)c1cc(-c2ccccc2)c(N2CCOCC2)s1. The number of carbonyl (C=O) groups excluding carboxylic acids is 1. The molecule has 1 amide bonds. The fraction of sp³-hybridized carbons (Fsp3) is 0.593. The Morgan fingerprint density at radius 3 is 2.42 bits per heavy atom. The van der Waals surface area contributed by atoms with Crippen molar-refractivity contribution in [2.45, 2.75) is 51.0 Å². The number of piperidine rings is 1. The maximum absolute atomic E-state index is 13.2. The first-order valence-corrected chi connectivity index (χ1v) is 13.6. The number of thiophene rings is 1. The molecule has 3 aliphatic rings. The van der Waals surface area contributed by atoms with E-state index >= 15 is 0 Å². The van der Waals surface area contributed by atoms with E-state index in [0.29, 0.717) is 0 Å². The highest BCUT2D eigenvalue weighted by molar-refractivity contribution is 7.18. The first kappa shape index (κ1) is 22.9. The number of hydrogen-bond donors (Lipinski definition) is 1. The van der Waals surface area contributed by atoms with E-state index in [1.54, 1.807) is 11.3 Å². The summed E-state index contributed by atoms with van der Waals surface area (Å²) in [5.41, 5.74) is 2.33. The molecular weight excluding hydrogens is 430 g/mol. The minimum Gasteiger partial charge on any atom is -0.378 e. The molecule has 0 atom stereocenters. The molecule has 0 spiro atoms. The summed E-state index contributed by atoms with van der Waals surface area (Å²) in [6, 6.07) is 12.8. The lowest BCUT2D eigenvalue weighted by atomic mass is 9.88. The number of amides is 1. The number of carbonyl (C=O) groups is 1. The van der Waals surface area contributed by atoms with Crippen molar-refractivity contribution in [2.75, 3.05) is 50.8 Å². The van der Waals surface area contributed by atoms with Crippen LogP contribution in [0, 0.1) is 5.92 Å². The quantitative estimate of drug-likeness (QED) is 0.647. The van der Waals surface area contributed by atoms with Crippen molar-refractivity contribution in [3.05, 3.63) is 41.3 Å². The van der Waals surface area contributed by atoms with Crippen LogP contribution >= 0.6 is 11.3 Å². The van der Waals surface area contributed by atoms with E-state index in [0.717, 1.165) is 68.6 Å². The molecule has 6 heteroatoms. The summed E-state index contributed by atoms with van der Waals surface area (Å²) in [6.45, 7) is 6.72. The van der Waals surface area contributed by atoms with Gasteiger partial charge in [0.25, 0.3) is 5.91 Å². The number of ether oxygens (including phenoxy) is 1. The van der Waals surface area contributed by atoms with Gasteiger partial charge < -0.3 is 19.9 Å². The van der Waals surface area contributed by atoms with Crippen LogP contribution in [0.1, 0.15) is 54.6 Å². The molecule has 1 saturated carbocycles. The van der Waals surface area contributed by atoms with Gasteiger partial charge in [-0.2, -0.15) is 0 Å². The van der Waals surface area contributed by atoms with E-state index in [4.69, 9.17) is 4.74 Å². The normalized spacial score (nSPS) is 21.3. The highest BCUT2D eigenvalue weighted by Crippen LogP contribution is 2.39. The molecule has 3 heterocycles. The summed E-state index contributed by atoms with van der Waals surface area (Å²) in [4.78, 5) is 19.1. The number of anilines is 1. The van der Waals surface area contributed by atoms with Crippen LogP contribution in [0.4, 0.5) is 5.00 Å². The van der Waals surface area contributed by atoms with Crippen molar-refractivity contribution in [1.29, 1.82) is 0 Å². The zero-order valence-corrected chi connectivity index (χ0v) is 20.5. The van der Waals surface area contributed by atoms with Crippen molar-refractivity contribution in [3.63, 3.8) is 0 Å². The van der Waals surface area contributed by atoms with Gasteiger partial charge in [0.2, 0.25) is 0 Å². The minimum atomic E-state index is 0.0856. The Morgan fingerprint density at radius 2 is 1.70 bits per heavy atom. The fourth-order valence-corrected chi connectivity index (χ4v) is 6.71. The number of rotatable bonds is 6. The van der Waals surface area contributed by atoms with Crippen LogP contribution in [0.25, 0.3) is 11.1 Å². The van der Waals surface area contributed by atoms with Crippen molar-refractivity contribution in [1.82, 2.24) is 10.2 Å². The van der Waals surface area contributed by atoms with Crippen LogP contribution in [0.15, 0.2) is 36.4 Å². The number of morpholine rings is 1. The van der Waals surface area contributed by atoms with Crippen molar-refractivity contribution >= 4 is 22.2 Å². The van der Waals surface area contributed by atoms with Crippen LogP contribution < -0.4 is 10.2 Å². The van der Waals surface area contributed by atoms with Crippen LogP contribution in [0.5, 0.6) is 0 Å². The summed E-state index contributed by atoms with van der Waals surface area (Å²) in [5, 5.41) is 4.55. The van der Waals surface area contributed by atoms with Gasteiger partial charge >= 0.3 is 0 Å². The van der Waals surface area contributed by atoms with Gasteiger partial charge in [0.05, 0.1) is 23.1 Å². The van der Waals surface area contributed by atoms with Gasteiger partial charge in [0, 0.05) is 44.3 Å². The Bertz CT molecular complexity index is 895. The molecule has 5 nitrogen and oxygen atoms in total. The minimum absolute atomic E-state index is 0.0856. The molecule has 0 radical (unpaired) electrons. The van der Waals surface area contributed by atoms with Crippen molar-refractivity contribution < 1.29 is 9.53 Å². The topological polar surface area (TPSA) is 44.8 Å². The second-order valence-corrected chi connectivity index (χ2v) is 10.9. The molecule has 2 aromatic rings. The summed E-state index contributed by atoms with van der Waals surface area (Å²) >= 11 is 1.63. The lowest BCUT2D eigenvalue weighted by Crippen LogP contribution is -2.45. The highest BCUT2D eigenvalue weighted by Gasteiger charge is 2.26. The van der Waals surface area contributed by atoms with Crippen LogP contribution in [-0.4, -0.2) is 62.8 Å². The average molecular weight is 468 g/mol. The maximum atomic E-state index is 13.2. The molecule has 1 aromatic heterocycles. The lowest BCUT2D eigenvalue weighted by molar-refractivity contribution is 0.0905. The molecular formula is C27H37N3O2S. The molecule has 2 saturated heterocycles. The standard InChI is InChI=1S/C27H37N3O2S/c31-26(28-23-11-13-29(14-12-23)20-21-7-3-1-4-8-21)25-19-24(22-9-5-2-6-10-22)27(33-25)30-15-17-32-18-16-30/h2,5-6,9-10,19,21,23H,1,3-4,7-8,11-18,20H2,(H,28,31). The molecule has 1 N–H and O–H groups in total. The third kappa shape index (κ3) is 5.79. The monoisotopic (exact) mass is 467 g/mol. The van der Waals surface area contributed by atoms with E-state index in [1.165, 1.54) is 49.2 Å². The van der Waals surface area contributed by atoms with Gasteiger partial charge in [-0.3, -0.25) is 4.79 Å². The van der Waals surface area contributed by atoms with Crippen molar-refractivity contribution in [2.24, 2.45) is 5.92 Å². The Labute approximate surface area is 202 Å². The first-order valence-electron chi connectivity index (χ1n) is 12.8. The van der Waals surface area contributed by atoms with Gasteiger partial charge in [-0.1, -0.05) is 49.6 Å². The molecule has 33 heavy (non-hydrogen) atoms. The highest BCUT2D eigenvalue weighted by atomic mass is 32.1. The Hall–Kier alpha value is -1.89. The molecule has 178 valence electrons. The Balaban J connectivity index is 1.22. The van der Waals surface area contributed by atoms with E-state index in [2.05, 4.69) is 45.4 Å². The third-order valence-corrected chi connectivity index (χ3v) is 8.68. The van der Waals surface area contributed by atoms with Gasteiger partial charge in [-0.05, 0) is 43.2 Å². The predicted octanol–water partition coefficient (Wildman–Crippen LogP) is 5.03. The number of hydrogen-bond acceptors (Lipinski definition) is 5. The van der Waals surface area contributed by atoms with Gasteiger partial charge in [-0.15, -0.1) is 11.3 Å². The molecule has 3 fully saturated rings. The third-order valence-electron chi connectivity index (χ3n) is 7.48. The number of nitrogens with one attached hydrogen (secondary N) is 1. The van der Waals surface area contributed by atoms with Gasteiger partial charge in [0.15, 0.2) is 0 Å². The molecule has 0 bridgehead atoms. The van der Waals surface area contributed by atoms with Crippen LogP contribution in [0.3, 0.4) is 0 Å². The number of benzene rings is 1. The van der Waals surface area contributed by atoms with E-state index < -0.39 is 0 Å². The van der Waals surface area contributed by atoms with E-state index in [-0.39, 0.29) is 11.9 Å². The molecule has 0 unspecified atom stereocenters. The van der Waals surface area contributed by atoms with Crippen LogP contribution in [0.2, 0.25) is 0 Å². The second-order valence-electron chi connectivity index (χ2n) is 9.85. The number of likely N-dealkylation sites (tertiary alicyclic amines) is 1. The fourth-order valence-electron chi connectivity index (χ4n) is 5.57. The number of nitrogens with zero attached hydrogens (tertiary/aromatic N) is 2. The smallest absolute Gasteiger partial charge is 0.261 e. The molecule has 2 aliphatic heterocycles. The summed E-state index contributed by atoms with van der Waals surface area (Å²) in [6.07, 6.45) is 9.18. The Kier molecular flexibility index (Phi) is 7.64. The molecule has 5 rings (SSSR count). The Morgan fingerprint density at radius 1 is 0.970 bits per heavy atom. The predicted molar refractivity (Wildman–Crippen MR) is 136 cm³/mol. The summed E-state index contributed by atoms with van der Waals surface area (Å²) < 4.78 is 5.56. The van der Waals surface area contributed by atoms with E-state index in [1.807, 2.05) is 6.07 Å². The largest absolute Gasteiger partial charge is 0.378 e. The first-order chi connectivity index (χ1) is 16.3. The zero-order valence-electron chi connectivity index (χ0n) is 19.6. The van der Waals surface area contributed by atoms with E-state index in [9.17, 15) is 4.79 Å². The lowest BCUT2D eigenvalue weighted by Gasteiger charge is -2.35. The van der Waals surface area contributed by atoms with Gasteiger partial charge in [-0.25, -0.2) is 0 Å². The summed E-state index contributed by atoms with van der Waals surface area (Å²) in [5.74, 6) is 0.980. The molecule has 1 aromatic carbocycles. The zero-order chi connectivity index (χ0) is 22.5. The van der Waals surface area contributed by atoms with Crippen molar-refractivity contribution in [3.8, 4) is 11.1 Å². The second kappa shape index (κ2) is 11.0. The average Bonchev–Trinajstić information content (AvgIpc) is 3.33. The summed E-state index contributed by atoms with van der Waals surface area (Å²) in [7, 11) is 0.